The standard InChI is InChI=1S/C11H17ClN2/c1-9(2)5-7-13-8-10-4-3-6-14-11(10)12/h3-4,6,9,13H,5,7-8H2,1-2H3. The number of nitrogens with one attached hydrogen (secondary N) is 1. The fourth-order valence-electron chi connectivity index (χ4n) is 1.16. The van der Waals surface area contributed by atoms with Crippen LogP contribution in [0, 0.1) is 5.92 Å². The highest BCUT2D eigenvalue weighted by molar-refractivity contribution is 6.30. The molecule has 1 N–H and O–H groups in total. The maximum Gasteiger partial charge on any atom is 0.133 e. The van der Waals surface area contributed by atoms with E-state index in [1.165, 1.54) is 6.42 Å². The lowest BCUT2D eigenvalue weighted by molar-refractivity contribution is 0.537. The zero-order valence-corrected chi connectivity index (χ0v) is 9.51. The van der Waals surface area contributed by atoms with E-state index in [9.17, 15) is 0 Å². The Morgan fingerprint density at radius 1 is 1.50 bits per heavy atom. The molecule has 78 valence electrons. The zero-order valence-electron chi connectivity index (χ0n) is 8.76. The molecule has 0 aliphatic carbocycles. The SMILES string of the molecule is CC(C)CCNCc1cccnc1Cl. The molecule has 0 fully saturated rings. The monoisotopic (exact) mass is 212 g/mol. The van der Waals surface area contributed by atoms with Gasteiger partial charge in [0.1, 0.15) is 5.15 Å². The van der Waals surface area contributed by atoms with E-state index in [1.807, 2.05) is 12.1 Å². The van der Waals surface area contributed by atoms with Gasteiger partial charge in [-0.2, -0.15) is 0 Å². The Hall–Kier alpha value is -0.600. The normalized spacial score (nSPS) is 10.9. The van der Waals surface area contributed by atoms with Crippen LogP contribution in [-0.4, -0.2) is 11.5 Å². The molecule has 0 aliphatic heterocycles. The van der Waals surface area contributed by atoms with Crippen molar-refractivity contribution < 1.29 is 0 Å². The molecule has 0 amide bonds. The molecule has 0 aliphatic rings. The van der Waals surface area contributed by atoms with Crippen molar-refractivity contribution in [2.75, 3.05) is 6.54 Å². The third-order valence-corrected chi connectivity index (χ3v) is 2.39. The molecular formula is C11H17ClN2. The first kappa shape index (κ1) is 11.5. The van der Waals surface area contributed by atoms with Crippen LogP contribution in [0.25, 0.3) is 0 Å². The van der Waals surface area contributed by atoms with Gasteiger partial charge in [0.15, 0.2) is 0 Å². The van der Waals surface area contributed by atoms with Crippen molar-refractivity contribution in [1.29, 1.82) is 0 Å². The van der Waals surface area contributed by atoms with Crippen molar-refractivity contribution in [3.8, 4) is 0 Å². The number of halogens is 1. The lowest BCUT2D eigenvalue weighted by Gasteiger charge is -2.07. The quantitative estimate of drug-likeness (QED) is 0.600. The van der Waals surface area contributed by atoms with Crippen LogP contribution in [0.3, 0.4) is 0 Å². The summed E-state index contributed by atoms with van der Waals surface area (Å²) in [5.41, 5.74) is 1.07. The summed E-state index contributed by atoms with van der Waals surface area (Å²) in [7, 11) is 0. The Kier molecular flexibility index (Phi) is 4.91. The van der Waals surface area contributed by atoms with Gasteiger partial charge < -0.3 is 5.32 Å². The van der Waals surface area contributed by atoms with Crippen LogP contribution >= 0.6 is 11.6 Å². The lowest BCUT2D eigenvalue weighted by Crippen LogP contribution is -2.16. The molecular weight excluding hydrogens is 196 g/mol. The molecule has 14 heavy (non-hydrogen) atoms. The second kappa shape index (κ2) is 5.99. The van der Waals surface area contributed by atoms with Crippen molar-refractivity contribution in [2.24, 2.45) is 5.92 Å². The van der Waals surface area contributed by atoms with Gasteiger partial charge in [0.2, 0.25) is 0 Å². The van der Waals surface area contributed by atoms with Crippen LogP contribution < -0.4 is 5.32 Å². The minimum Gasteiger partial charge on any atom is -0.313 e. The molecule has 0 atom stereocenters. The number of hydrogen-bond donors (Lipinski definition) is 1. The molecule has 0 bridgehead atoms. The number of nitrogens with zero attached hydrogens (tertiary/aromatic N) is 1. The van der Waals surface area contributed by atoms with Gasteiger partial charge in [0.25, 0.3) is 0 Å². The zero-order chi connectivity index (χ0) is 10.4. The summed E-state index contributed by atoms with van der Waals surface area (Å²) in [4.78, 5) is 4.02. The Morgan fingerprint density at radius 2 is 2.29 bits per heavy atom. The topological polar surface area (TPSA) is 24.9 Å². The molecule has 0 spiro atoms. The Morgan fingerprint density at radius 3 is 2.93 bits per heavy atom. The van der Waals surface area contributed by atoms with Gasteiger partial charge >= 0.3 is 0 Å². The van der Waals surface area contributed by atoms with Gasteiger partial charge in [-0.15, -0.1) is 0 Å². The van der Waals surface area contributed by atoms with E-state index in [4.69, 9.17) is 11.6 Å². The highest BCUT2D eigenvalue weighted by atomic mass is 35.5. The Balaban J connectivity index is 2.28. The highest BCUT2D eigenvalue weighted by Gasteiger charge is 1.99. The maximum atomic E-state index is 5.91. The molecule has 0 aromatic carbocycles. The van der Waals surface area contributed by atoms with Gasteiger partial charge in [0.05, 0.1) is 0 Å². The van der Waals surface area contributed by atoms with Crippen molar-refractivity contribution in [1.82, 2.24) is 10.3 Å². The lowest BCUT2D eigenvalue weighted by atomic mass is 10.1. The van der Waals surface area contributed by atoms with E-state index in [2.05, 4.69) is 24.1 Å². The molecule has 0 saturated carbocycles. The summed E-state index contributed by atoms with van der Waals surface area (Å²) in [5.74, 6) is 0.742. The van der Waals surface area contributed by atoms with Crippen LogP contribution in [0.1, 0.15) is 25.8 Å². The van der Waals surface area contributed by atoms with Gasteiger partial charge in [-0.3, -0.25) is 0 Å². The molecule has 2 nitrogen and oxygen atoms in total. The first-order chi connectivity index (χ1) is 6.70. The number of hydrogen-bond acceptors (Lipinski definition) is 2. The van der Waals surface area contributed by atoms with Crippen LogP contribution in [0.5, 0.6) is 0 Å². The molecule has 1 aromatic rings. The average molecular weight is 213 g/mol. The van der Waals surface area contributed by atoms with Crippen molar-refractivity contribution in [3.63, 3.8) is 0 Å². The largest absolute Gasteiger partial charge is 0.313 e. The average Bonchev–Trinajstić information content (AvgIpc) is 2.15. The number of pyridine rings is 1. The summed E-state index contributed by atoms with van der Waals surface area (Å²) in [6, 6.07) is 3.91. The molecule has 1 aromatic heterocycles. The molecule has 1 rings (SSSR count). The van der Waals surface area contributed by atoms with E-state index >= 15 is 0 Å². The second-order valence-corrected chi connectivity index (χ2v) is 4.17. The molecule has 0 radical (unpaired) electrons. The van der Waals surface area contributed by atoms with E-state index < -0.39 is 0 Å². The second-order valence-electron chi connectivity index (χ2n) is 3.81. The minimum absolute atomic E-state index is 0.601. The summed E-state index contributed by atoms with van der Waals surface area (Å²) < 4.78 is 0. The van der Waals surface area contributed by atoms with Gasteiger partial charge in [0, 0.05) is 18.3 Å². The maximum absolute atomic E-state index is 5.91. The third-order valence-electron chi connectivity index (χ3n) is 2.05. The van der Waals surface area contributed by atoms with E-state index in [-0.39, 0.29) is 0 Å². The molecule has 3 heteroatoms. The van der Waals surface area contributed by atoms with Crippen LogP contribution in [-0.2, 0) is 6.54 Å². The fourth-order valence-corrected chi connectivity index (χ4v) is 1.35. The molecule has 1 heterocycles. The molecule has 0 saturated heterocycles. The number of aromatic nitrogens is 1. The van der Waals surface area contributed by atoms with Crippen molar-refractivity contribution in [3.05, 3.63) is 29.0 Å². The Bertz CT molecular complexity index is 274. The first-order valence-electron chi connectivity index (χ1n) is 5.00. The third kappa shape index (κ3) is 4.07. The van der Waals surface area contributed by atoms with Crippen LogP contribution in [0.15, 0.2) is 18.3 Å². The van der Waals surface area contributed by atoms with Gasteiger partial charge in [-0.25, -0.2) is 4.98 Å². The predicted octanol–water partition coefficient (Wildman–Crippen LogP) is 2.87. The fraction of sp³-hybridized carbons (Fsp3) is 0.545. The van der Waals surface area contributed by atoms with Gasteiger partial charge in [-0.1, -0.05) is 31.5 Å². The van der Waals surface area contributed by atoms with Gasteiger partial charge in [-0.05, 0) is 24.9 Å². The summed E-state index contributed by atoms with van der Waals surface area (Å²) in [5, 5.41) is 3.95. The summed E-state index contributed by atoms with van der Waals surface area (Å²) in [6.45, 7) is 6.28. The summed E-state index contributed by atoms with van der Waals surface area (Å²) in [6.07, 6.45) is 2.90. The van der Waals surface area contributed by atoms with E-state index in [1.54, 1.807) is 6.20 Å². The van der Waals surface area contributed by atoms with E-state index in [0.717, 1.165) is 24.6 Å². The highest BCUT2D eigenvalue weighted by Crippen LogP contribution is 2.10. The van der Waals surface area contributed by atoms with Crippen molar-refractivity contribution >= 4 is 11.6 Å². The molecule has 0 unspecified atom stereocenters. The summed E-state index contributed by atoms with van der Waals surface area (Å²) >= 11 is 5.91. The first-order valence-corrected chi connectivity index (χ1v) is 5.38. The van der Waals surface area contributed by atoms with Crippen LogP contribution in [0.4, 0.5) is 0 Å². The number of rotatable bonds is 5. The van der Waals surface area contributed by atoms with Crippen LogP contribution in [0.2, 0.25) is 5.15 Å². The minimum atomic E-state index is 0.601. The van der Waals surface area contributed by atoms with E-state index in [0.29, 0.717) is 5.15 Å². The smallest absolute Gasteiger partial charge is 0.133 e. The Labute approximate surface area is 90.7 Å². The predicted molar refractivity (Wildman–Crippen MR) is 60.4 cm³/mol. The van der Waals surface area contributed by atoms with Crippen molar-refractivity contribution in [2.45, 2.75) is 26.8 Å².